The van der Waals surface area contributed by atoms with E-state index in [-0.39, 0.29) is 29.3 Å². The maximum Gasteiger partial charge on any atom is 0.335 e. The van der Waals surface area contributed by atoms with Crippen LogP contribution in [-0.4, -0.2) is 48.3 Å². The summed E-state index contributed by atoms with van der Waals surface area (Å²) in [7, 11) is 1.46. The van der Waals surface area contributed by atoms with Crippen molar-refractivity contribution < 1.29 is 14.6 Å². The average Bonchev–Trinajstić information content (AvgIpc) is 3.15. The fourth-order valence-corrected chi connectivity index (χ4v) is 6.13. The van der Waals surface area contributed by atoms with Gasteiger partial charge in [0.1, 0.15) is 0 Å². The summed E-state index contributed by atoms with van der Waals surface area (Å²) in [5.41, 5.74) is 4.07. The molecule has 1 aliphatic carbocycles. The molecule has 4 aliphatic rings. The van der Waals surface area contributed by atoms with Gasteiger partial charge in [-0.2, -0.15) is 0 Å². The summed E-state index contributed by atoms with van der Waals surface area (Å²) < 4.78 is 5.15. The zero-order valence-corrected chi connectivity index (χ0v) is 15.4. The van der Waals surface area contributed by atoms with Gasteiger partial charge in [0.2, 0.25) is 0 Å². The van der Waals surface area contributed by atoms with E-state index in [4.69, 9.17) is 4.74 Å². The number of carbonyl (C=O) groups excluding carboxylic acids is 1. The lowest BCUT2D eigenvalue weighted by molar-refractivity contribution is -0.136. The van der Waals surface area contributed by atoms with Gasteiger partial charge < -0.3 is 15.2 Å². The van der Waals surface area contributed by atoms with Crippen molar-refractivity contribution in [2.24, 2.45) is 11.8 Å². The number of esters is 1. The summed E-state index contributed by atoms with van der Waals surface area (Å²) in [6.07, 6.45) is 2.12. The summed E-state index contributed by atoms with van der Waals surface area (Å²) in [6.45, 7) is 4.07. The molecule has 5 rings (SSSR count). The number of nitrogens with one attached hydrogen (secondary N) is 1. The van der Waals surface area contributed by atoms with Gasteiger partial charge in [0.05, 0.1) is 24.2 Å². The second-order valence-electron chi connectivity index (χ2n) is 8.42. The molecule has 138 valence electrons. The maximum absolute atomic E-state index is 12.6. The quantitative estimate of drug-likeness (QED) is 0.758. The minimum atomic E-state index is -0.312. The van der Waals surface area contributed by atoms with Gasteiger partial charge in [-0.05, 0) is 49.3 Å². The third-order valence-electron chi connectivity index (χ3n) is 7.18. The molecule has 1 spiro atoms. The Kier molecular flexibility index (Phi) is 3.50. The molecule has 0 amide bonds. The van der Waals surface area contributed by atoms with E-state index in [9.17, 15) is 9.90 Å². The number of nitrogens with zero attached hydrogens (tertiary/aromatic N) is 1. The predicted molar refractivity (Wildman–Crippen MR) is 98.7 cm³/mol. The van der Waals surface area contributed by atoms with Crippen LogP contribution in [0.3, 0.4) is 0 Å². The average molecular weight is 354 g/mol. The number of para-hydroxylation sites is 1. The Hall–Kier alpha value is -1.85. The molecular formula is C21H26N2O3. The molecule has 5 heteroatoms. The molecule has 0 saturated carbocycles. The molecule has 5 atom stereocenters. The zero-order valence-electron chi connectivity index (χ0n) is 15.4. The van der Waals surface area contributed by atoms with Crippen LogP contribution in [-0.2, 0) is 14.9 Å². The molecule has 0 bridgehead atoms. The lowest BCUT2D eigenvalue weighted by Gasteiger charge is -2.45. The van der Waals surface area contributed by atoms with E-state index >= 15 is 0 Å². The summed E-state index contributed by atoms with van der Waals surface area (Å²) in [4.78, 5) is 15.2. The van der Waals surface area contributed by atoms with Crippen LogP contribution in [0.1, 0.15) is 31.7 Å². The normalized spacial score (nSPS) is 38.1. The van der Waals surface area contributed by atoms with Crippen LogP contribution in [0, 0.1) is 11.8 Å². The Balaban J connectivity index is 1.74. The smallest absolute Gasteiger partial charge is 0.335 e. The fourth-order valence-electron chi connectivity index (χ4n) is 6.13. The highest BCUT2D eigenvalue weighted by molar-refractivity contribution is 5.93. The van der Waals surface area contributed by atoms with E-state index in [0.29, 0.717) is 12.5 Å². The van der Waals surface area contributed by atoms with Crippen LogP contribution < -0.4 is 5.32 Å². The highest BCUT2D eigenvalue weighted by atomic mass is 16.5. The van der Waals surface area contributed by atoms with Crippen LogP contribution in [0.25, 0.3) is 0 Å². The first-order valence-electron chi connectivity index (χ1n) is 9.67. The number of ether oxygens (including phenoxy) is 1. The molecule has 0 unspecified atom stereocenters. The summed E-state index contributed by atoms with van der Waals surface area (Å²) in [5, 5.41) is 14.3. The minimum Gasteiger partial charge on any atom is -0.466 e. The summed E-state index contributed by atoms with van der Waals surface area (Å²) in [6, 6.07) is 8.79. The molecule has 0 radical (unpaired) electrons. The predicted octanol–water partition coefficient (Wildman–Crippen LogP) is 2.27. The van der Waals surface area contributed by atoms with Crippen molar-refractivity contribution in [2.75, 3.05) is 25.5 Å². The maximum atomic E-state index is 12.6. The van der Waals surface area contributed by atoms with Gasteiger partial charge in [-0.3, -0.25) is 4.90 Å². The van der Waals surface area contributed by atoms with Gasteiger partial charge in [-0.1, -0.05) is 25.1 Å². The Morgan fingerprint density at radius 3 is 3.00 bits per heavy atom. The fraction of sp³-hybridized carbons (Fsp3) is 0.571. The number of methoxy groups -OCH3 is 1. The first kappa shape index (κ1) is 16.3. The first-order chi connectivity index (χ1) is 12.6. The molecule has 3 aliphatic heterocycles. The van der Waals surface area contributed by atoms with Gasteiger partial charge >= 0.3 is 5.97 Å². The molecule has 26 heavy (non-hydrogen) atoms. The summed E-state index contributed by atoms with van der Waals surface area (Å²) in [5.74, 6) is 0.289. The van der Waals surface area contributed by atoms with Gasteiger partial charge in [0.25, 0.3) is 0 Å². The summed E-state index contributed by atoms with van der Waals surface area (Å²) >= 11 is 0. The number of hydrogen-bond donors (Lipinski definition) is 2. The second kappa shape index (κ2) is 5.57. The number of carbonyl (C=O) groups is 1. The third kappa shape index (κ3) is 1.96. The Bertz CT molecular complexity index is 804. The van der Waals surface area contributed by atoms with Gasteiger partial charge in [0.15, 0.2) is 0 Å². The molecule has 0 aromatic heterocycles. The minimum absolute atomic E-state index is 0.174. The SMILES string of the molecule is COC(=O)C1=C2Nc3ccccc3[C@@]23CCN2C[C@H](C)[C@@H](O)C[C@H](C1)[C@@H]23. The number of aliphatic hydroxyl groups excluding tert-OH is 1. The molecule has 1 aromatic carbocycles. The number of benzene rings is 1. The van der Waals surface area contributed by atoms with E-state index in [1.807, 2.05) is 6.07 Å². The topological polar surface area (TPSA) is 61.8 Å². The van der Waals surface area contributed by atoms with Crippen molar-refractivity contribution in [3.8, 4) is 0 Å². The Morgan fingerprint density at radius 1 is 1.38 bits per heavy atom. The second-order valence-corrected chi connectivity index (χ2v) is 8.42. The van der Waals surface area contributed by atoms with E-state index in [0.717, 1.165) is 42.9 Å². The molecule has 2 N–H and O–H groups in total. The lowest BCUT2D eigenvalue weighted by Crippen LogP contribution is -2.51. The largest absolute Gasteiger partial charge is 0.466 e. The van der Waals surface area contributed by atoms with Crippen LogP contribution in [0.5, 0.6) is 0 Å². The Labute approximate surface area is 154 Å². The lowest BCUT2D eigenvalue weighted by atomic mass is 9.62. The van der Waals surface area contributed by atoms with Crippen molar-refractivity contribution in [3.05, 3.63) is 41.1 Å². The zero-order chi connectivity index (χ0) is 18.1. The van der Waals surface area contributed by atoms with E-state index in [1.165, 1.54) is 12.7 Å². The number of aliphatic hydroxyl groups is 1. The molecular weight excluding hydrogens is 328 g/mol. The standard InChI is InChI=1S/C21H26N2O3/c1-12-11-23-8-7-21-15-5-3-4-6-16(15)22-18(21)14(20(25)26-2)9-13(19(21)23)10-17(12)24/h3-6,12-13,17,19,22,24H,7-11H2,1-2H3/t12-,13-,17-,19+,21-/m0/s1. The van der Waals surface area contributed by atoms with Crippen LogP contribution in [0.15, 0.2) is 35.5 Å². The number of hydrogen-bond acceptors (Lipinski definition) is 5. The van der Waals surface area contributed by atoms with Crippen molar-refractivity contribution in [3.63, 3.8) is 0 Å². The van der Waals surface area contributed by atoms with Gasteiger partial charge in [-0.15, -0.1) is 0 Å². The van der Waals surface area contributed by atoms with E-state index in [2.05, 4.69) is 35.3 Å². The van der Waals surface area contributed by atoms with Gasteiger partial charge in [0, 0.05) is 24.0 Å². The van der Waals surface area contributed by atoms with Gasteiger partial charge in [-0.25, -0.2) is 4.79 Å². The van der Waals surface area contributed by atoms with E-state index in [1.54, 1.807) is 0 Å². The molecule has 2 fully saturated rings. The van der Waals surface area contributed by atoms with E-state index < -0.39 is 0 Å². The molecule has 3 heterocycles. The number of rotatable bonds is 1. The third-order valence-corrected chi connectivity index (χ3v) is 7.18. The molecule has 2 saturated heterocycles. The number of fused-ring (bicyclic) bond motifs is 1. The highest BCUT2D eigenvalue weighted by Crippen LogP contribution is 2.60. The molecule has 5 nitrogen and oxygen atoms in total. The number of anilines is 1. The highest BCUT2D eigenvalue weighted by Gasteiger charge is 2.61. The first-order valence-corrected chi connectivity index (χ1v) is 9.67. The van der Waals surface area contributed by atoms with Crippen molar-refractivity contribution >= 4 is 11.7 Å². The molecule has 1 aromatic rings. The monoisotopic (exact) mass is 354 g/mol. The van der Waals surface area contributed by atoms with Crippen LogP contribution in [0.2, 0.25) is 0 Å². The van der Waals surface area contributed by atoms with Crippen molar-refractivity contribution in [1.29, 1.82) is 0 Å². The van der Waals surface area contributed by atoms with Crippen LogP contribution in [0.4, 0.5) is 5.69 Å². The van der Waals surface area contributed by atoms with Crippen molar-refractivity contribution in [2.45, 2.75) is 43.7 Å². The Morgan fingerprint density at radius 2 is 2.19 bits per heavy atom. The van der Waals surface area contributed by atoms with Crippen molar-refractivity contribution in [1.82, 2.24) is 4.90 Å². The van der Waals surface area contributed by atoms with Crippen LogP contribution >= 0.6 is 0 Å².